The number of primary amides is 1. The van der Waals surface area contributed by atoms with Gasteiger partial charge in [0.25, 0.3) is 5.91 Å². The van der Waals surface area contributed by atoms with E-state index in [2.05, 4.69) is 40.1 Å². The fraction of sp³-hybridized carbons (Fsp3) is 0.381. The number of anilines is 2. The smallest absolute Gasteiger partial charge is 0.250 e. The largest absolute Gasteiger partial charge is 0.494 e. The Morgan fingerprint density at radius 2 is 1.74 bits per heavy atom. The van der Waals surface area contributed by atoms with Crippen LogP contribution in [0.2, 0.25) is 0 Å². The normalized spacial score (nSPS) is 14.9. The van der Waals surface area contributed by atoms with Gasteiger partial charge in [-0.2, -0.15) is 0 Å². The Kier molecular flexibility index (Phi) is 6.54. The summed E-state index contributed by atoms with van der Waals surface area (Å²) in [6.45, 7) is 6.08. The topological polar surface area (TPSA) is 84.8 Å². The zero-order valence-corrected chi connectivity index (χ0v) is 15.6. The van der Waals surface area contributed by atoms with Crippen molar-refractivity contribution in [3.8, 4) is 5.75 Å². The van der Waals surface area contributed by atoms with Gasteiger partial charge in [0, 0.05) is 43.6 Å². The summed E-state index contributed by atoms with van der Waals surface area (Å²) < 4.78 is 5.73. The van der Waals surface area contributed by atoms with E-state index in [0.717, 1.165) is 45.6 Å². The minimum absolute atomic E-state index is 0.331. The number of hydrogen-bond donors (Lipinski definition) is 2. The molecule has 1 fully saturated rings. The molecule has 0 bridgehead atoms. The van der Waals surface area contributed by atoms with Gasteiger partial charge >= 0.3 is 0 Å². The lowest BCUT2D eigenvalue weighted by Crippen LogP contribution is -2.46. The van der Waals surface area contributed by atoms with E-state index in [0.29, 0.717) is 23.6 Å². The maximum atomic E-state index is 11.2. The summed E-state index contributed by atoms with van der Waals surface area (Å²) in [5.74, 6) is 0.153. The number of carbonyl (C=O) groups is 1. The van der Waals surface area contributed by atoms with Gasteiger partial charge in [-0.15, -0.1) is 0 Å². The molecule has 0 radical (unpaired) electrons. The van der Waals surface area contributed by atoms with Crippen LogP contribution >= 0.6 is 0 Å². The summed E-state index contributed by atoms with van der Waals surface area (Å²) in [5, 5.41) is 0. The van der Waals surface area contributed by atoms with Crippen LogP contribution in [-0.2, 0) is 0 Å². The monoisotopic (exact) mass is 368 g/mol. The lowest BCUT2D eigenvalue weighted by Gasteiger charge is -2.36. The SMILES string of the molecule is NC(=O)c1ccc(OCCCCN2CCN(c3ccccc3)CC2)cc1N. The number of benzene rings is 2. The Bertz CT molecular complexity index is 743. The third-order valence-corrected chi connectivity index (χ3v) is 4.92. The lowest BCUT2D eigenvalue weighted by molar-refractivity contribution is 0.100. The number of nitrogens with two attached hydrogens (primary N) is 2. The van der Waals surface area contributed by atoms with Crippen LogP contribution in [0, 0.1) is 0 Å². The van der Waals surface area contributed by atoms with Crippen LogP contribution in [0.15, 0.2) is 48.5 Å². The summed E-state index contributed by atoms with van der Waals surface area (Å²) >= 11 is 0. The summed E-state index contributed by atoms with van der Waals surface area (Å²) in [4.78, 5) is 16.1. The van der Waals surface area contributed by atoms with Crippen LogP contribution in [-0.4, -0.2) is 50.1 Å². The predicted molar refractivity (Wildman–Crippen MR) is 109 cm³/mol. The van der Waals surface area contributed by atoms with E-state index in [9.17, 15) is 4.79 Å². The van der Waals surface area contributed by atoms with E-state index in [1.807, 2.05) is 0 Å². The van der Waals surface area contributed by atoms with Crippen molar-refractivity contribution in [2.75, 3.05) is 50.0 Å². The molecule has 0 saturated carbocycles. The van der Waals surface area contributed by atoms with Crippen molar-refractivity contribution in [1.82, 2.24) is 4.90 Å². The molecule has 1 saturated heterocycles. The highest BCUT2D eigenvalue weighted by atomic mass is 16.5. The first-order valence-electron chi connectivity index (χ1n) is 9.48. The maximum absolute atomic E-state index is 11.2. The number of ether oxygens (including phenoxy) is 1. The molecule has 0 aliphatic carbocycles. The highest BCUT2D eigenvalue weighted by molar-refractivity contribution is 5.98. The Morgan fingerprint density at radius 1 is 1.00 bits per heavy atom. The van der Waals surface area contributed by atoms with Crippen molar-refractivity contribution in [3.63, 3.8) is 0 Å². The standard InChI is InChI=1S/C21H28N4O2/c22-20-16-18(8-9-19(20)21(23)26)27-15-5-4-10-24-11-13-25(14-12-24)17-6-2-1-3-7-17/h1-3,6-9,16H,4-5,10-15,22H2,(H2,23,26). The second kappa shape index (κ2) is 9.28. The minimum Gasteiger partial charge on any atom is -0.494 e. The average Bonchev–Trinajstić information content (AvgIpc) is 2.69. The van der Waals surface area contributed by atoms with Crippen molar-refractivity contribution in [3.05, 3.63) is 54.1 Å². The maximum Gasteiger partial charge on any atom is 0.250 e. The molecule has 1 amide bonds. The van der Waals surface area contributed by atoms with Crippen molar-refractivity contribution >= 4 is 17.3 Å². The number of piperazine rings is 1. The van der Waals surface area contributed by atoms with Crippen LogP contribution in [0.3, 0.4) is 0 Å². The van der Waals surface area contributed by atoms with E-state index < -0.39 is 5.91 Å². The number of carbonyl (C=O) groups excluding carboxylic acids is 1. The molecule has 0 spiro atoms. The van der Waals surface area contributed by atoms with Gasteiger partial charge in [-0.1, -0.05) is 18.2 Å². The molecule has 27 heavy (non-hydrogen) atoms. The number of amides is 1. The first-order valence-corrected chi connectivity index (χ1v) is 9.48. The van der Waals surface area contributed by atoms with Crippen molar-refractivity contribution in [1.29, 1.82) is 0 Å². The summed E-state index contributed by atoms with van der Waals surface area (Å²) in [7, 11) is 0. The van der Waals surface area contributed by atoms with Gasteiger partial charge in [-0.05, 0) is 43.7 Å². The van der Waals surface area contributed by atoms with Crippen LogP contribution in [0.25, 0.3) is 0 Å². The molecule has 1 heterocycles. The number of unbranched alkanes of at least 4 members (excludes halogenated alkanes) is 1. The van der Waals surface area contributed by atoms with Crippen LogP contribution in [0.4, 0.5) is 11.4 Å². The van der Waals surface area contributed by atoms with Crippen molar-refractivity contribution in [2.24, 2.45) is 5.73 Å². The molecular formula is C21H28N4O2. The number of nitrogen functional groups attached to an aromatic ring is 1. The van der Waals surface area contributed by atoms with Gasteiger partial charge in [0.2, 0.25) is 0 Å². The van der Waals surface area contributed by atoms with Crippen molar-refractivity contribution in [2.45, 2.75) is 12.8 Å². The van der Waals surface area contributed by atoms with Gasteiger partial charge in [0.15, 0.2) is 0 Å². The molecule has 6 heteroatoms. The van der Waals surface area contributed by atoms with E-state index in [4.69, 9.17) is 16.2 Å². The molecule has 0 unspecified atom stereocenters. The zero-order valence-electron chi connectivity index (χ0n) is 15.6. The molecular weight excluding hydrogens is 340 g/mol. The van der Waals surface area contributed by atoms with E-state index in [1.165, 1.54) is 5.69 Å². The average molecular weight is 368 g/mol. The van der Waals surface area contributed by atoms with Crippen LogP contribution < -0.4 is 21.1 Å². The fourth-order valence-corrected chi connectivity index (χ4v) is 3.35. The number of nitrogens with zero attached hydrogens (tertiary/aromatic N) is 2. The predicted octanol–water partition coefficient (Wildman–Crippen LogP) is 2.35. The third kappa shape index (κ3) is 5.37. The molecule has 6 nitrogen and oxygen atoms in total. The van der Waals surface area contributed by atoms with Gasteiger partial charge < -0.3 is 21.1 Å². The van der Waals surface area contributed by atoms with Gasteiger partial charge in [-0.25, -0.2) is 0 Å². The highest BCUT2D eigenvalue weighted by Gasteiger charge is 2.16. The molecule has 1 aliphatic heterocycles. The molecule has 2 aromatic carbocycles. The number of hydrogen-bond acceptors (Lipinski definition) is 5. The van der Waals surface area contributed by atoms with Crippen LogP contribution in [0.5, 0.6) is 5.75 Å². The summed E-state index contributed by atoms with van der Waals surface area (Å²) in [5.41, 5.74) is 13.1. The van der Waals surface area contributed by atoms with E-state index in [1.54, 1.807) is 18.2 Å². The Labute approximate surface area is 160 Å². The van der Waals surface area contributed by atoms with Crippen molar-refractivity contribution < 1.29 is 9.53 Å². The number of para-hydroxylation sites is 1. The number of rotatable bonds is 8. The van der Waals surface area contributed by atoms with Gasteiger partial charge in [0.1, 0.15) is 5.75 Å². The second-order valence-corrected chi connectivity index (χ2v) is 6.83. The zero-order chi connectivity index (χ0) is 19.1. The van der Waals surface area contributed by atoms with E-state index in [-0.39, 0.29) is 0 Å². The fourth-order valence-electron chi connectivity index (χ4n) is 3.35. The first kappa shape index (κ1) is 19.0. The molecule has 3 rings (SSSR count). The lowest BCUT2D eigenvalue weighted by atomic mass is 10.1. The molecule has 0 aromatic heterocycles. The quantitative estimate of drug-likeness (QED) is 0.552. The van der Waals surface area contributed by atoms with Crippen LogP contribution in [0.1, 0.15) is 23.2 Å². The molecule has 0 atom stereocenters. The van der Waals surface area contributed by atoms with Gasteiger partial charge in [0.05, 0.1) is 12.2 Å². The minimum atomic E-state index is -0.522. The summed E-state index contributed by atoms with van der Waals surface area (Å²) in [6.07, 6.45) is 2.08. The Morgan fingerprint density at radius 3 is 2.41 bits per heavy atom. The second-order valence-electron chi connectivity index (χ2n) is 6.83. The molecule has 1 aliphatic rings. The van der Waals surface area contributed by atoms with E-state index >= 15 is 0 Å². The summed E-state index contributed by atoms with van der Waals surface area (Å²) in [6, 6.07) is 15.6. The molecule has 2 aromatic rings. The Balaban J connectivity index is 1.32. The van der Waals surface area contributed by atoms with Gasteiger partial charge in [-0.3, -0.25) is 9.69 Å². The molecule has 144 valence electrons. The highest BCUT2D eigenvalue weighted by Crippen LogP contribution is 2.20. The first-order chi connectivity index (χ1) is 13.1. The Hall–Kier alpha value is -2.73. The third-order valence-electron chi connectivity index (χ3n) is 4.92. The molecule has 4 N–H and O–H groups in total.